The fourth-order valence-corrected chi connectivity index (χ4v) is 2.81. The maximum absolute atomic E-state index is 12.3. The van der Waals surface area contributed by atoms with Crippen molar-refractivity contribution in [3.05, 3.63) is 18.2 Å². The molecule has 2 amide bonds. The van der Waals surface area contributed by atoms with Crippen molar-refractivity contribution in [1.82, 2.24) is 20.2 Å². The zero-order chi connectivity index (χ0) is 15.2. The Hall–Kier alpha value is -1.69. The highest BCUT2D eigenvalue weighted by atomic mass is 16.2. The van der Waals surface area contributed by atoms with Gasteiger partial charge in [-0.05, 0) is 25.8 Å². The maximum atomic E-state index is 12.3. The van der Waals surface area contributed by atoms with Crippen molar-refractivity contribution < 1.29 is 9.59 Å². The van der Waals surface area contributed by atoms with E-state index in [0.29, 0.717) is 6.54 Å². The Bertz CT molecular complexity index is 468. The van der Waals surface area contributed by atoms with E-state index < -0.39 is 0 Å². The van der Waals surface area contributed by atoms with Gasteiger partial charge in [0.1, 0.15) is 5.82 Å². The Morgan fingerprint density at radius 3 is 2.81 bits per heavy atom. The summed E-state index contributed by atoms with van der Waals surface area (Å²) in [5, 5.41) is 3.20. The number of amides is 2. The zero-order valence-electron chi connectivity index (χ0n) is 12.8. The largest absolute Gasteiger partial charge is 0.349 e. The summed E-state index contributed by atoms with van der Waals surface area (Å²) in [6.45, 7) is 4.73. The van der Waals surface area contributed by atoms with Gasteiger partial charge < -0.3 is 10.3 Å². The van der Waals surface area contributed by atoms with Crippen molar-refractivity contribution in [3.8, 4) is 0 Å². The van der Waals surface area contributed by atoms with Crippen molar-refractivity contribution in [3.63, 3.8) is 0 Å². The highest BCUT2D eigenvalue weighted by Gasteiger charge is 2.40. The van der Waals surface area contributed by atoms with E-state index in [1.54, 1.807) is 12.4 Å². The van der Waals surface area contributed by atoms with Crippen LogP contribution in [0.5, 0.6) is 0 Å². The summed E-state index contributed by atoms with van der Waals surface area (Å²) in [7, 11) is 0. The number of hydrogen-bond donors (Lipinski definition) is 2. The Morgan fingerprint density at radius 2 is 2.19 bits per heavy atom. The highest BCUT2D eigenvalue weighted by Crippen LogP contribution is 2.20. The fourth-order valence-electron chi connectivity index (χ4n) is 2.81. The van der Waals surface area contributed by atoms with E-state index >= 15 is 0 Å². The predicted octanol–water partition coefficient (Wildman–Crippen LogP) is 1.25. The minimum absolute atomic E-state index is 0.0416. The molecule has 0 aromatic carbocycles. The Balaban J connectivity index is 1.79. The van der Waals surface area contributed by atoms with Gasteiger partial charge >= 0.3 is 0 Å². The van der Waals surface area contributed by atoms with Crippen molar-refractivity contribution in [2.45, 2.75) is 58.0 Å². The lowest BCUT2D eigenvalue weighted by molar-refractivity contribution is -0.141. The molecule has 0 aliphatic carbocycles. The van der Waals surface area contributed by atoms with Crippen LogP contribution in [0.3, 0.4) is 0 Å². The second-order valence-electron chi connectivity index (χ2n) is 5.42. The van der Waals surface area contributed by atoms with Crippen LogP contribution in [0.4, 0.5) is 0 Å². The molecule has 0 saturated carbocycles. The van der Waals surface area contributed by atoms with E-state index in [1.165, 1.54) is 4.90 Å². The van der Waals surface area contributed by atoms with Gasteiger partial charge in [0.15, 0.2) is 0 Å². The van der Waals surface area contributed by atoms with Crippen LogP contribution < -0.4 is 5.32 Å². The van der Waals surface area contributed by atoms with E-state index in [1.807, 2.05) is 13.8 Å². The van der Waals surface area contributed by atoms with Crippen LogP contribution in [0.25, 0.3) is 0 Å². The van der Waals surface area contributed by atoms with Crippen molar-refractivity contribution in [1.29, 1.82) is 0 Å². The number of aryl methyl sites for hydroxylation is 1. The van der Waals surface area contributed by atoms with Crippen LogP contribution >= 0.6 is 0 Å². The van der Waals surface area contributed by atoms with Crippen molar-refractivity contribution >= 4 is 11.8 Å². The SMILES string of the molecule is CCC(CC)N1C(=O)CC(NCCCc2ncc[nH]2)C1=O. The number of H-pyrrole nitrogens is 1. The molecule has 1 unspecified atom stereocenters. The normalized spacial score (nSPS) is 19.0. The molecule has 2 N–H and O–H groups in total. The van der Waals surface area contributed by atoms with Gasteiger partial charge in [0, 0.05) is 24.9 Å². The summed E-state index contributed by atoms with van der Waals surface area (Å²) in [6.07, 6.45) is 7.18. The number of likely N-dealkylation sites (tertiary alicyclic amines) is 1. The Morgan fingerprint density at radius 1 is 1.43 bits per heavy atom. The summed E-state index contributed by atoms with van der Waals surface area (Å²) >= 11 is 0. The van der Waals surface area contributed by atoms with Crippen LogP contribution in [0.2, 0.25) is 0 Å². The molecular formula is C15H24N4O2. The topological polar surface area (TPSA) is 78.1 Å². The molecule has 2 heterocycles. The van der Waals surface area contributed by atoms with Gasteiger partial charge in [0.2, 0.25) is 11.8 Å². The molecular weight excluding hydrogens is 268 g/mol. The molecule has 1 saturated heterocycles. The molecule has 1 aromatic rings. The average Bonchev–Trinajstić information content (AvgIpc) is 3.08. The zero-order valence-corrected chi connectivity index (χ0v) is 12.8. The number of nitrogens with one attached hydrogen (secondary N) is 2. The van der Waals surface area contributed by atoms with Gasteiger partial charge in [-0.1, -0.05) is 13.8 Å². The van der Waals surface area contributed by atoms with Crippen molar-refractivity contribution in [2.24, 2.45) is 0 Å². The lowest BCUT2D eigenvalue weighted by Crippen LogP contribution is -2.43. The Kier molecular flexibility index (Phi) is 5.50. The molecule has 2 rings (SSSR count). The van der Waals surface area contributed by atoms with Crippen LogP contribution in [0.15, 0.2) is 12.4 Å². The van der Waals surface area contributed by atoms with Crippen LogP contribution in [-0.2, 0) is 16.0 Å². The molecule has 0 bridgehead atoms. The number of carbonyl (C=O) groups excluding carboxylic acids is 2. The number of rotatable bonds is 8. The fraction of sp³-hybridized carbons (Fsp3) is 0.667. The summed E-state index contributed by atoms with van der Waals surface area (Å²) in [6, 6.07) is -0.311. The second-order valence-corrected chi connectivity index (χ2v) is 5.42. The van der Waals surface area contributed by atoms with Gasteiger partial charge in [-0.15, -0.1) is 0 Å². The molecule has 1 aliphatic heterocycles. The van der Waals surface area contributed by atoms with E-state index in [0.717, 1.165) is 31.5 Å². The number of imide groups is 1. The van der Waals surface area contributed by atoms with Gasteiger partial charge in [0.05, 0.1) is 12.5 Å². The maximum Gasteiger partial charge on any atom is 0.247 e. The average molecular weight is 292 g/mol. The minimum atomic E-state index is -0.352. The Labute approximate surface area is 125 Å². The molecule has 1 aromatic heterocycles. The molecule has 6 heteroatoms. The van der Waals surface area contributed by atoms with E-state index in [9.17, 15) is 9.59 Å². The molecule has 21 heavy (non-hydrogen) atoms. The monoisotopic (exact) mass is 292 g/mol. The smallest absolute Gasteiger partial charge is 0.247 e. The van der Waals surface area contributed by atoms with Crippen LogP contribution in [0, 0.1) is 0 Å². The molecule has 1 atom stereocenters. The summed E-state index contributed by atoms with van der Waals surface area (Å²) in [5.74, 6) is 0.841. The summed E-state index contributed by atoms with van der Waals surface area (Å²) in [5.41, 5.74) is 0. The van der Waals surface area contributed by atoms with Gasteiger partial charge in [-0.25, -0.2) is 4.98 Å². The van der Waals surface area contributed by atoms with Crippen LogP contribution in [-0.4, -0.2) is 45.3 Å². The van der Waals surface area contributed by atoms with Gasteiger partial charge in [-0.2, -0.15) is 0 Å². The second kappa shape index (κ2) is 7.36. The lowest BCUT2D eigenvalue weighted by Gasteiger charge is -2.24. The van der Waals surface area contributed by atoms with E-state index in [4.69, 9.17) is 0 Å². The van der Waals surface area contributed by atoms with Gasteiger partial charge in [-0.3, -0.25) is 14.5 Å². The van der Waals surface area contributed by atoms with Crippen molar-refractivity contribution in [2.75, 3.05) is 6.54 Å². The first-order valence-corrected chi connectivity index (χ1v) is 7.74. The summed E-state index contributed by atoms with van der Waals surface area (Å²) in [4.78, 5) is 33.0. The third kappa shape index (κ3) is 3.69. The minimum Gasteiger partial charge on any atom is -0.349 e. The number of carbonyl (C=O) groups is 2. The molecule has 1 aliphatic rings. The first-order chi connectivity index (χ1) is 10.2. The van der Waals surface area contributed by atoms with E-state index in [2.05, 4.69) is 15.3 Å². The molecule has 1 fully saturated rings. The quantitative estimate of drug-likeness (QED) is 0.558. The number of aromatic nitrogens is 2. The first-order valence-electron chi connectivity index (χ1n) is 7.74. The number of imidazole rings is 1. The van der Waals surface area contributed by atoms with Gasteiger partial charge in [0.25, 0.3) is 0 Å². The number of aromatic amines is 1. The standard InChI is InChI=1S/C15H24N4O2/c1-3-11(4-2)19-14(20)10-12(15(19)21)16-7-5-6-13-17-8-9-18-13/h8-9,11-12,16H,3-7,10H2,1-2H3,(H,17,18). The molecule has 0 spiro atoms. The number of hydrogen-bond acceptors (Lipinski definition) is 4. The van der Waals surface area contributed by atoms with Crippen LogP contribution in [0.1, 0.15) is 45.4 Å². The third-order valence-electron chi connectivity index (χ3n) is 4.03. The summed E-state index contributed by atoms with van der Waals surface area (Å²) < 4.78 is 0. The molecule has 116 valence electrons. The lowest BCUT2D eigenvalue weighted by atomic mass is 10.1. The number of nitrogens with zero attached hydrogens (tertiary/aromatic N) is 2. The third-order valence-corrected chi connectivity index (χ3v) is 4.03. The molecule has 6 nitrogen and oxygen atoms in total. The highest BCUT2D eigenvalue weighted by molar-refractivity contribution is 6.05. The van der Waals surface area contributed by atoms with E-state index in [-0.39, 0.29) is 30.3 Å². The predicted molar refractivity (Wildman–Crippen MR) is 79.5 cm³/mol. The molecule has 0 radical (unpaired) electrons. The first kappa shape index (κ1) is 15.7.